The summed E-state index contributed by atoms with van der Waals surface area (Å²) in [6.07, 6.45) is 21.5. The van der Waals surface area contributed by atoms with Gasteiger partial charge in [-0.05, 0) is 132 Å². The third kappa shape index (κ3) is 13.2. The van der Waals surface area contributed by atoms with Gasteiger partial charge in [-0.25, -0.2) is 0 Å². The van der Waals surface area contributed by atoms with E-state index in [4.69, 9.17) is 24.2 Å². The van der Waals surface area contributed by atoms with Crippen LogP contribution in [0.3, 0.4) is 0 Å². The molecule has 1 fully saturated rings. The molecule has 0 radical (unpaired) electrons. The number of aliphatic hydroxyl groups excluding tert-OH is 2. The third-order valence-electron chi connectivity index (χ3n) is 13.4. The van der Waals surface area contributed by atoms with Crippen LogP contribution in [0.5, 0.6) is 17.2 Å². The maximum atomic E-state index is 14.8. The van der Waals surface area contributed by atoms with Crippen molar-refractivity contribution in [3.8, 4) is 17.2 Å². The Bertz CT molecular complexity index is 1820. The molecule has 9 nitrogen and oxygen atoms in total. The van der Waals surface area contributed by atoms with Gasteiger partial charge in [0, 0.05) is 44.1 Å². The van der Waals surface area contributed by atoms with Crippen LogP contribution in [0.4, 0.5) is 0 Å². The Kier molecular flexibility index (Phi) is 19.6. The number of amides is 1. The fourth-order valence-electron chi connectivity index (χ4n) is 10.2. The molecule has 1 saturated carbocycles. The third-order valence-corrected chi connectivity index (χ3v) is 13.4. The van der Waals surface area contributed by atoms with E-state index in [-0.39, 0.29) is 49.4 Å². The van der Waals surface area contributed by atoms with Crippen LogP contribution in [0.1, 0.15) is 173 Å². The van der Waals surface area contributed by atoms with Gasteiger partial charge in [-0.1, -0.05) is 101 Å². The lowest BCUT2D eigenvalue weighted by Gasteiger charge is -2.60. The number of hydrogen-bond donors (Lipinski definition) is 2. The molecule has 2 aromatic carbocycles. The monoisotopic (exact) mass is 871 g/mol. The zero-order chi connectivity index (χ0) is 45.4. The fourth-order valence-corrected chi connectivity index (χ4v) is 10.2. The van der Waals surface area contributed by atoms with Crippen LogP contribution in [0.2, 0.25) is 0 Å². The van der Waals surface area contributed by atoms with Gasteiger partial charge in [0.2, 0.25) is 11.7 Å². The SMILES string of the molecule is C=CCO[C@@]12Oc3ccc(Oc4ccc(C)c(C)c4)cc3[C@H]3[C@H](CCCCO)[C@@H](CCCCO)C=C(C(=NOC(C)(C)C)C[C@@H]1N(CCC)C(=O)CCCCCCCCCCC)[C@H]32. The predicted octanol–water partition coefficient (Wildman–Crippen LogP) is 12.7. The van der Waals surface area contributed by atoms with Gasteiger partial charge in [-0.15, -0.1) is 6.58 Å². The Hall–Kier alpha value is -3.66. The zero-order valence-corrected chi connectivity index (χ0v) is 40.1. The number of carbonyl (C=O) groups excluding carboxylic acids is 1. The van der Waals surface area contributed by atoms with Gasteiger partial charge in [0.15, 0.2) is 0 Å². The highest BCUT2D eigenvalue weighted by atomic mass is 16.7. The molecule has 9 heteroatoms. The van der Waals surface area contributed by atoms with E-state index in [2.05, 4.69) is 63.4 Å². The van der Waals surface area contributed by atoms with Gasteiger partial charge in [-0.3, -0.25) is 4.79 Å². The summed E-state index contributed by atoms with van der Waals surface area (Å²) in [5.41, 5.74) is 4.76. The molecule has 3 aliphatic rings. The molecule has 0 spiro atoms. The quantitative estimate of drug-likeness (QED) is 0.0523. The van der Waals surface area contributed by atoms with Crippen molar-refractivity contribution in [3.63, 3.8) is 0 Å². The van der Waals surface area contributed by atoms with Crippen molar-refractivity contribution in [2.75, 3.05) is 26.4 Å². The molecule has 2 aliphatic carbocycles. The van der Waals surface area contributed by atoms with Crippen LogP contribution in [-0.2, 0) is 14.4 Å². The van der Waals surface area contributed by atoms with Crippen LogP contribution in [0.15, 0.2) is 65.9 Å². The summed E-state index contributed by atoms with van der Waals surface area (Å²) in [5.74, 6) is 0.910. The van der Waals surface area contributed by atoms with Gasteiger partial charge in [0.25, 0.3) is 0 Å². The van der Waals surface area contributed by atoms with Crippen LogP contribution in [0, 0.1) is 31.6 Å². The van der Waals surface area contributed by atoms with Gasteiger partial charge in [-0.2, -0.15) is 0 Å². The first-order valence-corrected chi connectivity index (χ1v) is 24.7. The van der Waals surface area contributed by atoms with Crippen molar-refractivity contribution in [2.45, 2.75) is 187 Å². The maximum absolute atomic E-state index is 14.8. The normalized spacial score (nSPS) is 23.3. The van der Waals surface area contributed by atoms with Crippen molar-refractivity contribution < 1.29 is 34.1 Å². The number of fused-ring (bicyclic) bond motifs is 2. The number of hydrogen-bond acceptors (Lipinski definition) is 8. The molecule has 2 aromatic rings. The first-order valence-electron chi connectivity index (χ1n) is 24.7. The van der Waals surface area contributed by atoms with E-state index < -0.39 is 17.4 Å². The Morgan fingerprint density at radius 1 is 0.873 bits per heavy atom. The number of benzene rings is 2. The lowest BCUT2D eigenvalue weighted by atomic mass is 9.55. The highest BCUT2D eigenvalue weighted by molar-refractivity contribution is 6.03. The minimum absolute atomic E-state index is 0.113. The number of unbranched alkanes of at least 4 members (excludes halogenated alkanes) is 10. The van der Waals surface area contributed by atoms with Gasteiger partial charge in [0.05, 0.1) is 18.2 Å². The molecule has 0 saturated heterocycles. The van der Waals surface area contributed by atoms with Crippen molar-refractivity contribution in [1.29, 1.82) is 0 Å². The first-order chi connectivity index (χ1) is 30.4. The second kappa shape index (κ2) is 24.6. The zero-order valence-electron chi connectivity index (χ0n) is 40.1. The number of oxime groups is 1. The summed E-state index contributed by atoms with van der Waals surface area (Å²) in [5, 5.41) is 25.0. The number of carbonyl (C=O) groups is 1. The van der Waals surface area contributed by atoms with E-state index in [9.17, 15) is 15.0 Å². The molecule has 350 valence electrons. The predicted molar refractivity (Wildman–Crippen MR) is 256 cm³/mol. The topological polar surface area (TPSA) is 110 Å². The Labute approximate surface area is 380 Å². The lowest BCUT2D eigenvalue weighted by molar-refractivity contribution is -0.257. The van der Waals surface area contributed by atoms with Gasteiger partial charge >= 0.3 is 0 Å². The molecule has 2 N–H and O–H groups in total. The average Bonchev–Trinajstić information content (AvgIpc) is 3.25. The summed E-state index contributed by atoms with van der Waals surface area (Å²) in [7, 11) is 0. The molecule has 0 aromatic heterocycles. The van der Waals surface area contributed by atoms with Gasteiger partial charge < -0.3 is 34.2 Å². The summed E-state index contributed by atoms with van der Waals surface area (Å²) in [6.45, 7) is 19.8. The largest absolute Gasteiger partial charge is 0.459 e. The molecule has 5 rings (SSSR count). The molecule has 6 atom stereocenters. The van der Waals surface area contributed by atoms with E-state index in [1.807, 2.05) is 39.0 Å². The Balaban J connectivity index is 1.66. The maximum Gasteiger partial charge on any atom is 0.239 e. The molecule has 1 amide bonds. The van der Waals surface area contributed by atoms with Crippen LogP contribution in [-0.4, -0.2) is 70.5 Å². The highest BCUT2D eigenvalue weighted by Crippen LogP contribution is 2.62. The van der Waals surface area contributed by atoms with Crippen molar-refractivity contribution in [3.05, 3.63) is 77.4 Å². The van der Waals surface area contributed by atoms with Crippen molar-refractivity contribution in [2.24, 2.45) is 22.9 Å². The minimum atomic E-state index is -1.26. The van der Waals surface area contributed by atoms with Crippen molar-refractivity contribution >= 4 is 11.6 Å². The smallest absolute Gasteiger partial charge is 0.239 e. The van der Waals surface area contributed by atoms with Crippen LogP contribution < -0.4 is 9.47 Å². The summed E-state index contributed by atoms with van der Waals surface area (Å²) < 4.78 is 21.3. The van der Waals surface area contributed by atoms with E-state index in [1.54, 1.807) is 6.08 Å². The highest BCUT2D eigenvalue weighted by Gasteiger charge is 2.65. The number of nitrogens with zero attached hydrogens (tertiary/aromatic N) is 2. The minimum Gasteiger partial charge on any atom is -0.459 e. The number of aliphatic hydroxyl groups is 2. The fraction of sp³-hybridized carbons (Fsp3) is 0.667. The first kappa shape index (κ1) is 50.3. The summed E-state index contributed by atoms with van der Waals surface area (Å²) in [6, 6.07) is 11.8. The Morgan fingerprint density at radius 3 is 2.19 bits per heavy atom. The van der Waals surface area contributed by atoms with E-state index in [0.29, 0.717) is 25.8 Å². The average molecular weight is 871 g/mol. The number of ether oxygens (including phenoxy) is 3. The van der Waals surface area contributed by atoms with Crippen LogP contribution in [0.25, 0.3) is 0 Å². The molecule has 0 bridgehead atoms. The summed E-state index contributed by atoms with van der Waals surface area (Å²) in [4.78, 5) is 23.2. The molecule has 1 heterocycles. The second-order valence-corrected chi connectivity index (χ2v) is 19.5. The van der Waals surface area contributed by atoms with E-state index >= 15 is 0 Å². The van der Waals surface area contributed by atoms with E-state index in [1.165, 1.54) is 44.1 Å². The number of allylic oxidation sites excluding steroid dienone is 1. The summed E-state index contributed by atoms with van der Waals surface area (Å²) >= 11 is 0. The van der Waals surface area contributed by atoms with Crippen molar-refractivity contribution in [1.82, 2.24) is 4.90 Å². The molecular formula is C54H82N2O7. The Morgan fingerprint density at radius 2 is 1.54 bits per heavy atom. The second-order valence-electron chi connectivity index (χ2n) is 19.5. The lowest BCUT2D eigenvalue weighted by Crippen LogP contribution is -2.70. The molecule has 63 heavy (non-hydrogen) atoms. The number of rotatable bonds is 27. The molecule has 1 aliphatic heterocycles. The van der Waals surface area contributed by atoms with Crippen LogP contribution >= 0.6 is 0 Å². The standard InChI is InChI=1S/C54H82N2O7/c1-9-12-13-14-15-16-17-18-19-26-50(59)56(31-10-2)49-38-47(55-63-53(6,7)8)45-36-41(24-20-22-32-57)44(25-21-23-33-58)51-46-37-43(61-42-28-27-39(4)40(5)35-42)29-30-48(46)62-54(49,52(45)51)60-34-11-3/h11,27-30,35-37,41,44,49,51-52,57-58H,3,9-10,12-26,31-34,38H2,1-2,4-8H3/t41-,44+,49-,51+,52+,54+/m0/s1. The number of aryl methyl sites for hydroxylation is 2. The van der Waals surface area contributed by atoms with E-state index in [0.717, 1.165) is 97.4 Å². The molecular weight excluding hydrogens is 789 g/mol. The molecule has 0 unspecified atom stereocenters. The van der Waals surface area contributed by atoms with Gasteiger partial charge in [0.1, 0.15) is 28.9 Å².